The van der Waals surface area contributed by atoms with Gasteiger partial charge in [-0.25, -0.2) is 0 Å². The largest absolute Gasteiger partial charge is 0.466 e. The predicted octanol–water partition coefficient (Wildman–Crippen LogP) is 20.0. The monoisotopic (exact) mass is 988 g/mol. The number of carbonyl (C=O) groups excluding carboxylic acids is 2. The van der Waals surface area contributed by atoms with Crippen molar-refractivity contribution < 1.29 is 24.5 Å². The molecule has 2 unspecified atom stereocenters. The van der Waals surface area contributed by atoms with Crippen LogP contribution in [0.4, 0.5) is 0 Å². The molecule has 0 saturated heterocycles. The van der Waals surface area contributed by atoms with Gasteiger partial charge in [-0.2, -0.15) is 0 Å². The van der Waals surface area contributed by atoms with Gasteiger partial charge in [0.05, 0.1) is 25.4 Å². The van der Waals surface area contributed by atoms with Crippen molar-refractivity contribution in [2.24, 2.45) is 0 Å². The van der Waals surface area contributed by atoms with Gasteiger partial charge < -0.3 is 20.3 Å². The van der Waals surface area contributed by atoms with Crippen molar-refractivity contribution >= 4 is 11.9 Å². The quantitative estimate of drug-likeness (QED) is 0.0321. The van der Waals surface area contributed by atoms with E-state index in [0.29, 0.717) is 25.9 Å². The lowest BCUT2D eigenvalue weighted by Crippen LogP contribution is -2.45. The van der Waals surface area contributed by atoms with Gasteiger partial charge in [-0.3, -0.25) is 9.59 Å². The SMILES string of the molecule is CCCCCCCCCCCCCCCCCCCCCC(O)C(CO)NC(=O)CCCCCCC/C=C\CCCCCCCCCOC(=O)CCCCCCCCCCCCCCCCCCCC. The molecule has 0 fully saturated rings. The van der Waals surface area contributed by atoms with Crippen LogP contribution in [0.3, 0.4) is 0 Å². The molecule has 70 heavy (non-hydrogen) atoms. The van der Waals surface area contributed by atoms with E-state index >= 15 is 0 Å². The van der Waals surface area contributed by atoms with Gasteiger partial charge in [-0.05, 0) is 51.4 Å². The third-order valence-electron chi connectivity index (χ3n) is 15.1. The van der Waals surface area contributed by atoms with E-state index in [9.17, 15) is 19.8 Å². The third kappa shape index (κ3) is 55.9. The third-order valence-corrected chi connectivity index (χ3v) is 15.1. The second-order valence-electron chi connectivity index (χ2n) is 22.1. The van der Waals surface area contributed by atoms with E-state index in [1.165, 1.54) is 263 Å². The molecule has 0 rings (SSSR count). The van der Waals surface area contributed by atoms with Gasteiger partial charge in [0.15, 0.2) is 0 Å². The Hall–Kier alpha value is -1.40. The van der Waals surface area contributed by atoms with Gasteiger partial charge in [-0.1, -0.05) is 309 Å². The molecular formula is C64H125NO5. The molecule has 3 N–H and O–H groups in total. The summed E-state index contributed by atoms with van der Waals surface area (Å²) in [6, 6.07) is -0.554. The molecular weight excluding hydrogens is 863 g/mol. The predicted molar refractivity (Wildman–Crippen MR) is 306 cm³/mol. The second kappa shape index (κ2) is 60.2. The van der Waals surface area contributed by atoms with Crippen LogP contribution in [0.25, 0.3) is 0 Å². The number of ether oxygens (including phenoxy) is 1. The minimum absolute atomic E-state index is 0.00265. The lowest BCUT2D eigenvalue weighted by Gasteiger charge is -2.22. The van der Waals surface area contributed by atoms with Crippen LogP contribution < -0.4 is 5.32 Å². The number of nitrogens with one attached hydrogen (secondary N) is 1. The summed E-state index contributed by atoms with van der Waals surface area (Å²) in [5.74, 6) is -0.0456. The lowest BCUT2D eigenvalue weighted by atomic mass is 10.0. The summed E-state index contributed by atoms with van der Waals surface area (Å²) < 4.78 is 5.49. The first kappa shape index (κ1) is 68.6. The van der Waals surface area contributed by atoms with Crippen LogP contribution in [0.15, 0.2) is 12.2 Å². The smallest absolute Gasteiger partial charge is 0.305 e. The molecule has 0 radical (unpaired) electrons. The number of rotatable bonds is 60. The Kier molecular flexibility index (Phi) is 59.0. The molecule has 0 aromatic heterocycles. The Morgan fingerprint density at radius 2 is 0.671 bits per heavy atom. The number of unbranched alkanes of at least 4 members (excludes halogenated alkanes) is 47. The molecule has 416 valence electrons. The number of allylic oxidation sites excluding steroid dienone is 2. The highest BCUT2D eigenvalue weighted by atomic mass is 16.5. The first-order chi connectivity index (χ1) is 34.5. The topological polar surface area (TPSA) is 95.9 Å². The number of amides is 1. The summed E-state index contributed by atoms with van der Waals surface area (Å²) >= 11 is 0. The molecule has 0 aromatic rings. The molecule has 6 nitrogen and oxygen atoms in total. The van der Waals surface area contributed by atoms with Gasteiger partial charge in [0, 0.05) is 12.8 Å². The molecule has 2 atom stereocenters. The maximum Gasteiger partial charge on any atom is 0.305 e. The summed E-state index contributed by atoms with van der Waals surface area (Å²) in [4.78, 5) is 24.6. The Morgan fingerprint density at radius 1 is 0.386 bits per heavy atom. The van der Waals surface area contributed by atoms with E-state index in [1.807, 2.05) is 0 Å². The molecule has 0 aliphatic heterocycles. The van der Waals surface area contributed by atoms with Crippen LogP contribution in [0.5, 0.6) is 0 Å². The molecule has 6 heteroatoms. The highest BCUT2D eigenvalue weighted by Gasteiger charge is 2.20. The molecule has 0 aliphatic rings. The normalized spacial score (nSPS) is 12.6. The van der Waals surface area contributed by atoms with E-state index in [-0.39, 0.29) is 18.5 Å². The van der Waals surface area contributed by atoms with Gasteiger partial charge in [0.25, 0.3) is 0 Å². The van der Waals surface area contributed by atoms with Gasteiger partial charge >= 0.3 is 5.97 Å². The molecule has 0 spiro atoms. The minimum atomic E-state index is -0.675. The van der Waals surface area contributed by atoms with Crippen LogP contribution in [-0.2, 0) is 14.3 Å². The van der Waals surface area contributed by atoms with Crippen molar-refractivity contribution in [2.45, 2.75) is 373 Å². The van der Waals surface area contributed by atoms with Crippen LogP contribution in [-0.4, -0.2) is 47.4 Å². The number of aliphatic hydroxyl groups excluding tert-OH is 2. The zero-order valence-electron chi connectivity index (χ0n) is 47.5. The summed E-state index contributed by atoms with van der Waals surface area (Å²) in [5.41, 5.74) is 0. The molecule has 0 saturated carbocycles. The summed E-state index contributed by atoms with van der Waals surface area (Å²) in [6.45, 7) is 4.97. The van der Waals surface area contributed by atoms with Crippen LogP contribution in [0.1, 0.15) is 361 Å². The second-order valence-corrected chi connectivity index (χ2v) is 22.1. The Balaban J connectivity index is 3.43. The highest BCUT2D eigenvalue weighted by Crippen LogP contribution is 2.18. The van der Waals surface area contributed by atoms with Crippen molar-refractivity contribution in [1.29, 1.82) is 0 Å². The summed E-state index contributed by atoms with van der Waals surface area (Å²) in [5, 5.41) is 23.3. The Bertz CT molecular complexity index is 1050. The van der Waals surface area contributed by atoms with Crippen LogP contribution in [0, 0.1) is 0 Å². The van der Waals surface area contributed by atoms with Crippen molar-refractivity contribution in [3.63, 3.8) is 0 Å². The standard InChI is InChI=1S/C64H125NO5/c1-3-5-7-9-11-13-15-17-19-21-23-24-28-32-36-40-44-48-52-56-62(67)61(60-66)65-63(68)57-53-49-45-41-37-33-29-26-27-31-35-39-43-47-51-55-59-70-64(69)58-54-50-46-42-38-34-30-25-22-20-18-16-14-12-10-8-6-4-2/h26,29,61-62,66-67H,3-25,27-28,30-60H2,1-2H3,(H,65,68)/b29-26-. The molecule has 0 bridgehead atoms. The van der Waals surface area contributed by atoms with E-state index < -0.39 is 12.1 Å². The first-order valence-electron chi connectivity index (χ1n) is 31.9. The molecule has 0 aromatic carbocycles. The number of hydrogen-bond acceptors (Lipinski definition) is 5. The number of esters is 1. The number of aliphatic hydroxyl groups is 2. The highest BCUT2D eigenvalue weighted by molar-refractivity contribution is 5.76. The first-order valence-corrected chi connectivity index (χ1v) is 31.9. The van der Waals surface area contributed by atoms with Gasteiger partial charge in [0.1, 0.15) is 0 Å². The molecule has 0 heterocycles. The summed E-state index contributed by atoms with van der Waals surface area (Å²) in [7, 11) is 0. The Labute approximate surface area is 438 Å². The van der Waals surface area contributed by atoms with Gasteiger partial charge in [-0.15, -0.1) is 0 Å². The van der Waals surface area contributed by atoms with Gasteiger partial charge in [0.2, 0.25) is 5.91 Å². The average molecular weight is 989 g/mol. The lowest BCUT2D eigenvalue weighted by molar-refractivity contribution is -0.143. The van der Waals surface area contributed by atoms with Crippen LogP contribution >= 0.6 is 0 Å². The van der Waals surface area contributed by atoms with E-state index in [2.05, 4.69) is 31.3 Å². The summed E-state index contributed by atoms with van der Waals surface area (Å²) in [6.07, 6.45) is 72.2. The fraction of sp³-hybridized carbons (Fsp3) is 0.938. The van der Waals surface area contributed by atoms with Crippen molar-refractivity contribution in [2.75, 3.05) is 13.2 Å². The molecule has 0 aliphatic carbocycles. The minimum Gasteiger partial charge on any atom is -0.466 e. The molecule has 1 amide bonds. The number of carbonyl (C=O) groups is 2. The average Bonchev–Trinajstić information content (AvgIpc) is 3.36. The fourth-order valence-electron chi connectivity index (χ4n) is 10.2. The fourth-order valence-corrected chi connectivity index (χ4v) is 10.2. The number of hydrogen-bond donors (Lipinski definition) is 3. The van der Waals surface area contributed by atoms with Crippen molar-refractivity contribution in [3.05, 3.63) is 12.2 Å². The van der Waals surface area contributed by atoms with E-state index in [4.69, 9.17) is 4.74 Å². The zero-order chi connectivity index (χ0) is 50.7. The van der Waals surface area contributed by atoms with E-state index in [1.54, 1.807) is 0 Å². The van der Waals surface area contributed by atoms with Crippen molar-refractivity contribution in [1.82, 2.24) is 5.32 Å². The van der Waals surface area contributed by atoms with Crippen LogP contribution in [0.2, 0.25) is 0 Å². The zero-order valence-corrected chi connectivity index (χ0v) is 47.5. The van der Waals surface area contributed by atoms with Crippen molar-refractivity contribution in [3.8, 4) is 0 Å². The maximum absolute atomic E-state index is 12.5. The maximum atomic E-state index is 12.5. The Morgan fingerprint density at radius 3 is 1.01 bits per heavy atom. The van der Waals surface area contributed by atoms with E-state index in [0.717, 1.165) is 64.2 Å².